The summed E-state index contributed by atoms with van der Waals surface area (Å²) < 4.78 is 13.4. The second kappa shape index (κ2) is 5.90. The van der Waals surface area contributed by atoms with Crippen molar-refractivity contribution in [2.24, 2.45) is 5.41 Å². The number of carbonyl (C=O) groups excluding carboxylic acids is 1. The van der Waals surface area contributed by atoms with Gasteiger partial charge < -0.3 is 9.80 Å². The summed E-state index contributed by atoms with van der Waals surface area (Å²) in [5, 5.41) is 11.1. The highest BCUT2D eigenvalue weighted by Gasteiger charge is 2.31. The van der Waals surface area contributed by atoms with Gasteiger partial charge in [-0.2, -0.15) is 0 Å². The second-order valence-corrected chi connectivity index (χ2v) is 6.42. The third-order valence-corrected chi connectivity index (χ3v) is 3.68. The number of hydrogen-bond acceptors (Lipinski definition) is 4. The Morgan fingerprint density at radius 1 is 1.23 bits per heavy atom. The van der Waals surface area contributed by atoms with Gasteiger partial charge in [-0.3, -0.25) is 14.9 Å². The molecule has 0 radical (unpaired) electrons. The van der Waals surface area contributed by atoms with Crippen molar-refractivity contribution < 1.29 is 14.1 Å². The van der Waals surface area contributed by atoms with Crippen LogP contribution < -0.4 is 4.90 Å². The Kier molecular flexibility index (Phi) is 4.35. The number of carbonyl (C=O) groups is 1. The average Bonchev–Trinajstić information content (AvgIpc) is 2.45. The first-order valence-corrected chi connectivity index (χ1v) is 7.18. The molecule has 1 saturated heterocycles. The maximum atomic E-state index is 13.4. The van der Waals surface area contributed by atoms with Crippen molar-refractivity contribution in [2.45, 2.75) is 20.8 Å². The van der Waals surface area contributed by atoms with Crippen LogP contribution >= 0.6 is 0 Å². The fourth-order valence-electron chi connectivity index (χ4n) is 2.53. The largest absolute Gasteiger partial charge is 0.362 e. The maximum Gasteiger partial charge on any atom is 0.292 e. The summed E-state index contributed by atoms with van der Waals surface area (Å²) >= 11 is 0. The Hall–Kier alpha value is -2.18. The predicted octanol–water partition coefficient (Wildman–Crippen LogP) is 2.43. The minimum absolute atomic E-state index is 0.0564. The number of nitro groups is 1. The number of piperazine rings is 1. The molecule has 2 rings (SSSR count). The number of hydrogen-bond donors (Lipinski definition) is 0. The fourth-order valence-corrected chi connectivity index (χ4v) is 2.53. The van der Waals surface area contributed by atoms with E-state index in [9.17, 15) is 19.3 Å². The zero-order valence-electron chi connectivity index (χ0n) is 13.0. The molecule has 0 N–H and O–H groups in total. The highest BCUT2D eigenvalue weighted by Crippen LogP contribution is 2.30. The number of nitro benzene ring substituents is 1. The topological polar surface area (TPSA) is 66.7 Å². The third kappa shape index (κ3) is 3.35. The first-order chi connectivity index (χ1) is 10.2. The molecule has 1 aromatic carbocycles. The number of amides is 1. The van der Waals surface area contributed by atoms with Gasteiger partial charge in [-0.1, -0.05) is 20.8 Å². The van der Waals surface area contributed by atoms with Gasteiger partial charge in [0.15, 0.2) is 0 Å². The normalized spacial score (nSPS) is 15.8. The van der Waals surface area contributed by atoms with Crippen molar-refractivity contribution in [1.29, 1.82) is 0 Å². The molecule has 0 aliphatic carbocycles. The van der Waals surface area contributed by atoms with Gasteiger partial charge in [0.2, 0.25) is 5.91 Å². The van der Waals surface area contributed by atoms with Crippen molar-refractivity contribution in [3.8, 4) is 0 Å². The molecule has 0 unspecified atom stereocenters. The highest BCUT2D eigenvalue weighted by molar-refractivity contribution is 5.81. The zero-order chi connectivity index (χ0) is 16.5. The first kappa shape index (κ1) is 16.2. The lowest BCUT2D eigenvalue weighted by molar-refractivity contribution is -0.384. The number of anilines is 1. The SMILES string of the molecule is CC(C)(C)C(=O)N1CCN(c2cc(F)ccc2[N+](=O)[O-])CC1. The molecule has 0 atom stereocenters. The Labute approximate surface area is 128 Å². The summed E-state index contributed by atoms with van der Waals surface area (Å²) in [6.07, 6.45) is 0. The summed E-state index contributed by atoms with van der Waals surface area (Å²) in [5.41, 5.74) is -0.294. The molecule has 120 valence electrons. The van der Waals surface area contributed by atoms with Gasteiger partial charge in [0.05, 0.1) is 4.92 Å². The molecule has 0 saturated carbocycles. The lowest BCUT2D eigenvalue weighted by Crippen LogP contribution is -2.51. The summed E-state index contributed by atoms with van der Waals surface area (Å²) in [6.45, 7) is 7.43. The van der Waals surface area contributed by atoms with Crippen LogP contribution in [0.5, 0.6) is 0 Å². The summed E-state index contributed by atoms with van der Waals surface area (Å²) in [4.78, 5) is 26.3. The molecule has 1 heterocycles. The Morgan fingerprint density at radius 3 is 2.32 bits per heavy atom. The minimum Gasteiger partial charge on any atom is -0.362 e. The van der Waals surface area contributed by atoms with Gasteiger partial charge in [0.25, 0.3) is 5.69 Å². The van der Waals surface area contributed by atoms with E-state index in [1.807, 2.05) is 20.8 Å². The Bertz CT molecular complexity index is 590. The van der Waals surface area contributed by atoms with E-state index in [1.54, 1.807) is 9.80 Å². The van der Waals surface area contributed by atoms with Crippen molar-refractivity contribution >= 4 is 17.3 Å². The lowest BCUT2D eigenvalue weighted by Gasteiger charge is -2.38. The van der Waals surface area contributed by atoms with Gasteiger partial charge in [-0.25, -0.2) is 4.39 Å². The highest BCUT2D eigenvalue weighted by atomic mass is 19.1. The van der Waals surface area contributed by atoms with E-state index in [2.05, 4.69) is 0 Å². The van der Waals surface area contributed by atoms with Gasteiger partial charge in [-0.05, 0) is 6.07 Å². The van der Waals surface area contributed by atoms with Crippen molar-refractivity contribution in [3.63, 3.8) is 0 Å². The van der Waals surface area contributed by atoms with Gasteiger partial charge >= 0.3 is 0 Å². The molecule has 0 bridgehead atoms. The molecule has 1 aliphatic heterocycles. The zero-order valence-corrected chi connectivity index (χ0v) is 13.0. The van der Waals surface area contributed by atoms with E-state index in [0.29, 0.717) is 26.2 Å². The number of halogens is 1. The average molecular weight is 309 g/mol. The summed E-state index contributed by atoms with van der Waals surface area (Å²) in [7, 11) is 0. The number of rotatable bonds is 2. The molecule has 0 spiro atoms. The van der Waals surface area contributed by atoms with Crippen molar-refractivity contribution in [2.75, 3.05) is 31.1 Å². The molecule has 1 amide bonds. The van der Waals surface area contributed by atoms with Crippen LogP contribution in [0.4, 0.5) is 15.8 Å². The van der Waals surface area contributed by atoms with Crippen LogP contribution in [-0.2, 0) is 4.79 Å². The van der Waals surface area contributed by atoms with Crippen LogP contribution in [0.15, 0.2) is 18.2 Å². The molecule has 1 aromatic rings. The van der Waals surface area contributed by atoms with E-state index in [-0.39, 0.29) is 17.3 Å². The van der Waals surface area contributed by atoms with Gasteiger partial charge in [-0.15, -0.1) is 0 Å². The second-order valence-electron chi connectivity index (χ2n) is 6.42. The third-order valence-electron chi connectivity index (χ3n) is 3.68. The van der Waals surface area contributed by atoms with E-state index < -0.39 is 16.2 Å². The van der Waals surface area contributed by atoms with Crippen molar-refractivity contribution in [1.82, 2.24) is 4.90 Å². The van der Waals surface area contributed by atoms with Crippen LogP contribution in [0.2, 0.25) is 0 Å². The maximum absolute atomic E-state index is 13.4. The quantitative estimate of drug-likeness (QED) is 0.621. The fraction of sp³-hybridized carbons (Fsp3) is 0.533. The molecule has 1 fully saturated rings. The smallest absolute Gasteiger partial charge is 0.292 e. The first-order valence-electron chi connectivity index (χ1n) is 7.18. The molecule has 6 nitrogen and oxygen atoms in total. The van der Waals surface area contributed by atoms with Crippen molar-refractivity contribution in [3.05, 3.63) is 34.1 Å². The van der Waals surface area contributed by atoms with E-state index in [1.165, 1.54) is 12.1 Å². The Morgan fingerprint density at radius 2 is 1.82 bits per heavy atom. The van der Waals surface area contributed by atoms with Crippen LogP contribution in [0.1, 0.15) is 20.8 Å². The van der Waals surface area contributed by atoms with Crippen LogP contribution in [-0.4, -0.2) is 41.9 Å². The minimum atomic E-state index is -0.512. The standard InChI is InChI=1S/C15H20FN3O3/c1-15(2,3)14(20)18-8-6-17(7-9-18)13-10-11(16)4-5-12(13)19(21)22/h4-5,10H,6-9H2,1-3H3. The monoisotopic (exact) mass is 309 g/mol. The van der Waals surface area contributed by atoms with Crippen LogP contribution in [0.25, 0.3) is 0 Å². The summed E-state index contributed by atoms with van der Waals surface area (Å²) in [5.74, 6) is -0.449. The van der Waals surface area contributed by atoms with E-state index in [0.717, 1.165) is 6.07 Å². The van der Waals surface area contributed by atoms with E-state index >= 15 is 0 Å². The molecular weight excluding hydrogens is 289 g/mol. The lowest BCUT2D eigenvalue weighted by atomic mass is 9.94. The molecule has 0 aromatic heterocycles. The molecule has 7 heteroatoms. The van der Waals surface area contributed by atoms with Gasteiger partial charge in [0.1, 0.15) is 11.5 Å². The number of benzene rings is 1. The van der Waals surface area contributed by atoms with Crippen LogP contribution in [0, 0.1) is 21.3 Å². The Balaban J connectivity index is 2.14. The van der Waals surface area contributed by atoms with Gasteiger partial charge in [0, 0.05) is 43.7 Å². The van der Waals surface area contributed by atoms with E-state index in [4.69, 9.17) is 0 Å². The molecule has 1 aliphatic rings. The summed E-state index contributed by atoms with van der Waals surface area (Å²) in [6, 6.07) is 3.44. The van der Waals surface area contributed by atoms with Crippen LogP contribution in [0.3, 0.4) is 0 Å². The molecular formula is C15H20FN3O3. The number of nitrogens with zero attached hydrogens (tertiary/aromatic N) is 3. The predicted molar refractivity (Wildman–Crippen MR) is 81.3 cm³/mol. The molecule has 22 heavy (non-hydrogen) atoms.